The Balaban J connectivity index is 1.43. The quantitative estimate of drug-likeness (QED) is 0.788. The highest BCUT2D eigenvalue weighted by molar-refractivity contribution is 5.98. The van der Waals surface area contributed by atoms with Crippen molar-refractivity contribution in [2.24, 2.45) is 0 Å². The largest absolute Gasteiger partial charge is 0.481 e. The van der Waals surface area contributed by atoms with E-state index in [1.54, 1.807) is 4.90 Å². The van der Waals surface area contributed by atoms with Gasteiger partial charge in [0.15, 0.2) is 6.10 Å². The average molecular weight is 392 g/mol. The van der Waals surface area contributed by atoms with E-state index in [0.717, 1.165) is 37.2 Å². The highest BCUT2D eigenvalue weighted by Crippen LogP contribution is 2.27. The van der Waals surface area contributed by atoms with Crippen molar-refractivity contribution in [3.8, 4) is 5.75 Å². The van der Waals surface area contributed by atoms with E-state index in [2.05, 4.69) is 17.4 Å². The Labute approximate surface area is 172 Å². The number of benzene rings is 2. The van der Waals surface area contributed by atoms with Crippen molar-refractivity contribution in [3.05, 3.63) is 53.6 Å². The lowest BCUT2D eigenvalue weighted by molar-refractivity contribution is -0.122. The minimum Gasteiger partial charge on any atom is -0.481 e. The van der Waals surface area contributed by atoms with Crippen LogP contribution in [0.5, 0.6) is 5.75 Å². The number of carbonyl (C=O) groups excluding carboxylic acids is 2. The van der Waals surface area contributed by atoms with Gasteiger partial charge in [-0.25, -0.2) is 0 Å². The van der Waals surface area contributed by atoms with Crippen LogP contribution in [-0.4, -0.2) is 24.5 Å². The van der Waals surface area contributed by atoms with Gasteiger partial charge < -0.3 is 15.0 Å². The molecule has 29 heavy (non-hydrogen) atoms. The first-order valence-electron chi connectivity index (χ1n) is 10.6. The summed E-state index contributed by atoms with van der Waals surface area (Å²) in [4.78, 5) is 26.6. The molecule has 4 rings (SSSR count). The van der Waals surface area contributed by atoms with Gasteiger partial charge in [0.1, 0.15) is 5.75 Å². The summed E-state index contributed by atoms with van der Waals surface area (Å²) < 4.78 is 6.03. The number of fused-ring (bicyclic) bond motifs is 1. The molecule has 0 radical (unpaired) electrons. The third-order valence-corrected chi connectivity index (χ3v) is 5.76. The van der Waals surface area contributed by atoms with E-state index in [-0.39, 0.29) is 11.8 Å². The van der Waals surface area contributed by atoms with Crippen molar-refractivity contribution in [3.63, 3.8) is 0 Å². The van der Waals surface area contributed by atoms with Crippen molar-refractivity contribution in [1.29, 1.82) is 0 Å². The second-order valence-electron chi connectivity index (χ2n) is 7.84. The number of anilines is 2. The molecule has 0 spiro atoms. The van der Waals surface area contributed by atoms with Gasteiger partial charge in [-0.15, -0.1) is 0 Å². The number of nitrogens with one attached hydrogen (secondary N) is 1. The summed E-state index contributed by atoms with van der Waals surface area (Å²) in [5.41, 5.74) is 4.25. The average Bonchev–Trinajstić information content (AvgIpc) is 3.18. The van der Waals surface area contributed by atoms with Crippen molar-refractivity contribution >= 4 is 23.2 Å². The normalized spacial score (nSPS) is 17.0. The van der Waals surface area contributed by atoms with E-state index in [4.69, 9.17) is 4.74 Å². The summed E-state index contributed by atoms with van der Waals surface area (Å²) in [6, 6.07) is 13.6. The van der Waals surface area contributed by atoms with Crippen LogP contribution in [0.25, 0.3) is 0 Å². The smallest absolute Gasteiger partial charge is 0.265 e. The van der Waals surface area contributed by atoms with E-state index in [0.29, 0.717) is 18.5 Å². The van der Waals surface area contributed by atoms with Crippen LogP contribution in [0.4, 0.5) is 11.4 Å². The van der Waals surface area contributed by atoms with E-state index in [1.807, 2.05) is 37.3 Å². The summed E-state index contributed by atoms with van der Waals surface area (Å²) >= 11 is 0. The molecule has 5 nitrogen and oxygen atoms in total. The Morgan fingerprint density at radius 2 is 1.90 bits per heavy atom. The fourth-order valence-electron chi connectivity index (χ4n) is 4.17. The van der Waals surface area contributed by atoms with Crippen LogP contribution in [0, 0.1) is 0 Å². The van der Waals surface area contributed by atoms with Gasteiger partial charge in [-0.05, 0) is 80.0 Å². The van der Waals surface area contributed by atoms with Gasteiger partial charge in [-0.1, -0.05) is 19.1 Å². The Morgan fingerprint density at radius 3 is 2.66 bits per heavy atom. The molecule has 2 amide bonds. The molecule has 0 bridgehead atoms. The van der Waals surface area contributed by atoms with E-state index >= 15 is 0 Å². The summed E-state index contributed by atoms with van der Waals surface area (Å²) in [6.07, 6.45) is 6.15. The molecule has 1 atom stereocenters. The first-order chi connectivity index (χ1) is 14.1. The predicted octanol–water partition coefficient (Wildman–Crippen LogP) is 4.49. The number of amides is 2. The summed E-state index contributed by atoms with van der Waals surface area (Å²) in [5.74, 6) is 0.717. The molecular weight excluding hydrogens is 364 g/mol. The third-order valence-electron chi connectivity index (χ3n) is 5.76. The van der Waals surface area contributed by atoms with Gasteiger partial charge >= 0.3 is 0 Å². The van der Waals surface area contributed by atoms with Crippen LogP contribution in [0.3, 0.4) is 0 Å². The standard InChI is InChI=1S/C24H28N2O3/c1-2-22(29-21-13-12-17-7-3-4-8-18(17)15-21)24(28)25-19-9-5-10-20(16-19)26-14-6-11-23(26)27/h5,9-10,12-13,15-16,22H,2-4,6-8,11,14H2,1H3,(H,25,28)/t22-/m1/s1. The van der Waals surface area contributed by atoms with Crippen molar-refractivity contribution in [2.45, 2.75) is 58.0 Å². The Kier molecular flexibility index (Phi) is 5.84. The maximum absolute atomic E-state index is 12.8. The lowest BCUT2D eigenvalue weighted by atomic mass is 9.92. The zero-order valence-corrected chi connectivity index (χ0v) is 16.9. The maximum atomic E-state index is 12.8. The molecule has 0 unspecified atom stereocenters. The number of ether oxygens (including phenoxy) is 1. The van der Waals surface area contributed by atoms with E-state index < -0.39 is 6.10 Å². The number of rotatable bonds is 6. The molecule has 2 aliphatic rings. The lowest BCUT2D eigenvalue weighted by Gasteiger charge is -2.21. The van der Waals surface area contributed by atoms with Gasteiger partial charge in [-0.3, -0.25) is 9.59 Å². The Hall–Kier alpha value is -2.82. The van der Waals surface area contributed by atoms with Crippen molar-refractivity contribution < 1.29 is 14.3 Å². The molecule has 1 fully saturated rings. The van der Waals surface area contributed by atoms with Crippen molar-refractivity contribution in [2.75, 3.05) is 16.8 Å². The fraction of sp³-hybridized carbons (Fsp3) is 0.417. The summed E-state index contributed by atoms with van der Waals surface area (Å²) in [5, 5.41) is 2.95. The summed E-state index contributed by atoms with van der Waals surface area (Å²) in [6.45, 7) is 2.68. The topological polar surface area (TPSA) is 58.6 Å². The van der Waals surface area contributed by atoms with Crippen LogP contribution in [0.15, 0.2) is 42.5 Å². The molecule has 1 N–H and O–H groups in total. The number of hydrogen-bond acceptors (Lipinski definition) is 3. The number of aryl methyl sites for hydroxylation is 2. The van der Waals surface area contributed by atoms with Crippen molar-refractivity contribution in [1.82, 2.24) is 0 Å². The maximum Gasteiger partial charge on any atom is 0.265 e. The highest BCUT2D eigenvalue weighted by atomic mass is 16.5. The molecule has 5 heteroatoms. The van der Waals surface area contributed by atoms with Crippen LogP contribution < -0.4 is 15.0 Å². The van der Waals surface area contributed by atoms with Gasteiger partial charge in [0.05, 0.1) is 0 Å². The third kappa shape index (κ3) is 4.44. The molecule has 2 aromatic rings. The number of nitrogens with zero attached hydrogens (tertiary/aromatic N) is 1. The molecule has 1 heterocycles. The van der Waals surface area contributed by atoms with E-state index in [9.17, 15) is 9.59 Å². The molecule has 0 saturated carbocycles. The first kappa shape index (κ1) is 19.5. The van der Waals surface area contributed by atoms with Crippen LogP contribution >= 0.6 is 0 Å². The Morgan fingerprint density at radius 1 is 1.07 bits per heavy atom. The monoisotopic (exact) mass is 392 g/mol. The molecule has 1 saturated heterocycles. The molecular formula is C24H28N2O3. The SMILES string of the molecule is CC[C@@H](Oc1ccc2c(c1)CCCC2)C(=O)Nc1cccc(N2CCCC2=O)c1. The molecule has 2 aromatic carbocycles. The number of hydrogen-bond donors (Lipinski definition) is 1. The van der Waals surface area contributed by atoms with Gasteiger partial charge in [0.2, 0.25) is 5.91 Å². The van der Waals surface area contributed by atoms with Gasteiger partial charge in [-0.2, -0.15) is 0 Å². The minimum absolute atomic E-state index is 0.135. The second kappa shape index (κ2) is 8.68. The Bertz CT molecular complexity index is 909. The molecule has 0 aromatic heterocycles. The molecule has 1 aliphatic carbocycles. The highest BCUT2D eigenvalue weighted by Gasteiger charge is 2.23. The van der Waals surface area contributed by atoms with Gasteiger partial charge in [0, 0.05) is 24.3 Å². The predicted molar refractivity (Wildman–Crippen MR) is 114 cm³/mol. The second-order valence-corrected chi connectivity index (χ2v) is 7.84. The fourth-order valence-corrected chi connectivity index (χ4v) is 4.17. The zero-order valence-electron chi connectivity index (χ0n) is 16.9. The zero-order chi connectivity index (χ0) is 20.2. The molecule has 1 aliphatic heterocycles. The van der Waals surface area contributed by atoms with Crippen LogP contribution in [0.1, 0.15) is 50.2 Å². The lowest BCUT2D eigenvalue weighted by Crippen LogP contribution is -2.32. The van der Waals surface area contributed by atoms with E-state index in [1.165, 1.54) is 24.0 Å². The number of carbonyl (C=O) groups is 2. The summed E-state index contributed by atoms with van der Waals surface area (Å²) in [7, 11) is 0. The van der Waals surface area contributed by atoms with Gasteiger partial charge in [0.25, 0.3) is 5.91 Å². The molecule has 152 valence electrons. The minimum atomic E-state index is -0.561. The van der Waals surface area contributed by atoms with Crippen LogP contribution in [-0.2, 0) is 22.4 Å². The van der Waals surface area contributed by atoms with Crippen LogP contribution in [0.2, 0.25) is 0 Å². The first-order valence-corrected chi connectivity index (χ1v) is 10.6.